The summed E-state index contributed by atoms with van der Waals surface area (Å²) in [6, 6.07) is 14.6. The maximum absolute atomic E-state index is 12.0. The van der Waals surface area contributed by atoms with E-state index in [0.717, 1.165) is 10.2 Å². The number of para-hydroxylation sites is 1. The van der Waals surface area contributed by atoms with Gasteiger partial charge in [-0.05, 0) is 30.3 Å². The number of nitrogens with zero attached hydrogens (tertiary/aromatic N) is 1. The highest BCUT2D eigenvalue weighted by molar-refractivity contribution is 9.10. The maximum atomic E-state index is 12.0. The van der Waals surface area contributed by atoms with Crippen LogP contribution < -0.4 is 9.64 Å². The molecule has 0 spiro atoms. The van der Waals surface area contributed by atoms with E-state index in [1.54, 1.807) is 12.1 Å². The minimum Gasteiger partial charge on any atom is -0.492 e. The molecule has 0 unspecified atom stereocenters. The van der Waals surface area contributed by atoms with E-state index in [9.17, 15) is 9.59 Å². The number of benzene rings is 2. The van der Waals surface area contributed by atoms with Crippen LogP contribution in [0.15, 0.2) is 53.0 Å². The lowest BCUT2D eigenvalue weighted by Gasteiger charge is -2.16. The number of carbonyl (C=O) groups is 2. The first-order chi connectivity index (χ1) is 10.2. The van der Waals surface area contributed by atoms with E-state index in [1.165, 1.54) is 4.90 Å². The van der Waals surface area contributed by atoms with Crippen molar-refractivity contribution in [2.24, 2.45) is 0 Å². The molecular formula is C16H12BrNO3. The van der Waals surface area contributed by atoms with E-state index in [2.05, 4.69) is 15.9 Å². The van der Waals surface area contributed by atoms with E-state index in [-0.39, 0.29) is 0 Å². The number of anilines is 1. The zero-order valence-corrected chi connectivity index (χ0v) is 12.7. The van der Waals surface area contributed by atoms with Crippen molar-refractivity contribution in [3.63, 3.8) is 0 Å². The van der Waals surface area contributed by atoms with Gasteiger partial charge in [0.2, 0.25) is 0 Å². The number of carbonyl (C=O) groups excluding carboxylic acids is 2. The van der Waals surface area contributed by atoms with Crippen molar-refractivity contribution in [3.8, 4) is 5.75 Å². The molecule has 3 rings (SSSR count). The van der Waals surface area contributed by atoms with Crippen molar-refractivity contribution in [1.82, 2.24) is 0 Å². The summed E-state index contributed by atoms with van der Waals surface area (Å²) in [5.41, 5.74) is 1.08. The number of Topliss-reactive ketones (excluding diaryl/α,β-unsaturated/α-hetero) is 1. The van der Waals surface area contributed by atoms with Gasteiger partial charge in [-0.2, -0.15) is 0 Å². The van der Waals surface area contributed by atoms with Crippen LogP contribution in [-0.2, 0) is 4.79 Å². The average Bonchev–Trinajstić information content (AvgIpc) is 2.73. The SMILES string of the molecule is O=C1C(=O)N(CCOc2ccccc2)c2ccc(Br)cc21. The standard InChI is InChI=1S/C16H12BrNO3/c17-11-6-7-14-13(10-11)15(19)16(20)18(14)8-9-21-12-4-2-1-3-5-12/h1-7,10H,8-9H2. The van der Waals surface area contributed by atoms with Gasteiger partial charge < -0.3 is 9.64 Å². The molecule has 1 aliphatic rings. The molecule has 0 bridgehead atoms. The molecule has 1 heterocycles. The Morgan fingerprint density at radius 3 is 2.57 bits per heavy atom. The lowest BCUT2D eigenvalue weighted by molar-refractivity contribution is -0.114. The van der Waals surface area contributed by atoms with Crippen molar-refractivity contribution >= 4 is 33.3 Å². The fraction of sp³-hybridized carbons (Fsp3) is 0.125. The number of halogens is 1. The second-order valence-corrected chi connectivity index (χ2v) is 5.52. The molecule has 0 atom stereocenters. The van der Waals surface area contributed by atoms with Gasteiger partial charge in [0.05, 0.1) is 17.8 Å². The molecule has 0 saturated carbocycles. The molecular weight excluding hydrogens is 334 g/mol. The molecule has 0 saturated heterocycles. The Kier molecular flexibility index (Phi) is 3.75. The molecule has 4 nitrogen and oxygen atoms in total. The molecule has 0 N–H and O–H groups in total. The first-order valence-corrected chi connectivity index (χ1v) is 7.30. The zero-order valence-electron chi connectivity index (χ0n) is 11.1. The molecule has 2 aromatic carbocycles. The Morgan fingerprint density at radius 1 is 1.05 bits per heavy atom. The summed E-state index contributed by atoms with van der Waals surface area (Å²) in [7, 11) is 0. The lowest BCUT2D eigenvalue weighted by Crippen LogP contribution is -2.33. The summed E-state index contributed by atoms with van der Waals surface area (Å²) in [5.74, 6) is -0.225. The van der Waals surface area contributed by atoms with Gasteiger partial charge in [-0.1, -0.05) is 34.1 Å². The van der Waals surface area contributed by atoms with Gasteiger partial charge in [-0.15, -0.1) is 0 Å². The van der Waals surface area contributed by atoms with Crippen molar-refractivity contribution in [3.05, 3.63) is 58.6 Å². The number of hydrogen-bond donors (Lipinski definition) is 0. The van der Waals surface area contributed by atoms with Crippen LogP contribution in [0.25, 0.3) is 0 Å². The van der Waals surface area contributed by atoms with Crippen LogP contribution in [-0.4, -0.2) is 24.8 Å². The number of fused-ring (bicyclic) bond motifs is 1. The van der Waals surface area contributed by atoms with Crippen LogP contribution in [0.4, 0.5) is 5.69 Å². The van der Waals surface area contributed by atoms with Gasteiger partial charge in [0.1, 0.15) is 12.4 Å². The predicted octanol–water partition coefficient (Wildman–Crippen LogP) is 3.06. The fourth-order valence-electron chi connectivity index (χ4n) is 2.27. The van der Waals surface area contributed by atoms with Gasteiger partial charge in [0, 0.05) is 4.47 Å². The largest absolute Gasteiger partial charge is 0.492 e. The van der Waals surface area contributed by atoms with Gasteiger partial charge in [0.25, 0.3) is 11.7 Å². The highest BCUT2D eigenvalue weighted by atomic mass is 79.9. The topological polar surface area (TPSA) is 46.6 Å². The Hall–Kier alpha value is -2.14. The van der Waals surface area contributed by atoms with Crippen LogP contribution in [0.1, 0.15) is 10.4 Å². The molecule has 5 heteroatoms. The summed E-state index contributed by atoms with van der Waals surface area (Å²) in [6.45, 7) is 0.673. The maximum Gasteiger partial charge on any atom is 0.299 e. The second kappa shape index (κ2) is 5.69. The van der Waals surface area contributed by atoms with E-state index < -0.39 is 11.7 Å². The third-order valence-corrected chi connectivity index (χ3v) is 3.75. The molecule has 106 valence electrons. The number of ether oxygens (including phenoxy) is 1. The summed E-state index contributed by atoms with van der Waals surface area (Å²) in [4.78, 5) is 25.4. The summed E-state index contributed by atoms with van der Waals surface area (Å²) < 4.78 is 6.36. The third kappa shape index (κ3) is 2.69. The summed E-state index contributed by atoms with van der Waals surface area (Å²) in [6.07, 6.45) is 0. The number of amides is 1. The lowest BCUT2D eigenvalue weighted by atomic mass is 10.1. The number of hydrogen-bond acceptors (Lipinski definition) is 3. The van der Waals surface area contributed by atoms with Crippen LogP contribution in [0.5, 0.6) is 5.75 Å². The van der Waals surface area contributed by atoms with Crippen LogP contribution in [0, 0.1) is 0 Å². The van der Waals surface area contributed by atoms with Crippen LogP contribution in [0.2, 0.25) is 0 Å². The number of rotatable bonds is 4. The predicted molar refractivity (Wildman–Crippen MR) is 82.8 cm³/mol. The van der Waals surface area contributed by atoms with Crippen molar-refractivity contribution in [2.75, 3.05) is 18.1 Å². The Bertz CT molecular complexity index is 700. The fourth-order valence-corrected chi connectivity index (χ4v) is 2.63. The molecule has 0 radical (unpaired) electrons. The minimum absolute atomic E-state index is 0.332. The second-order valence-electron chi connectivity index (χ2n) is 4.61. The minimum atomic E-state index is -0.500. The van der Waals surface area contributed by atoms with Gasteiger partial charge in [-0.25, -0.2) is 0 Å². The first kappa shape index (κ1) is 13.8. The van der Waals surface area contributed by atoms with E-state index in [0.29, 0.717) is 24.4 Å². The van der Waals surface area contributed by atoms with E-state index in [1.807, 2.05) is 36.4 Å². The third-order valence-electron chi connectivity index (χ3n) is 3.26. The molecule has 0 aromatic heterocycles. The summed E-state index contributed by atoms with van der Waals surface area (Å²) >= 11 is 3.31. The average molecular weight is 346 g/mol. The molecule has 2 aromatic rings. The monoisotopic (exact) mass is 345 g/mol. The molecule has 0 fully saturated rings. The van der Waals surface area contributed by atoms with Crippen molar-refractivity contribution < 1.29 is 14.3 Å². The van der Waals surface area contributed by atoms with Gasteiger partial charge in [-0.3, -0.25) is 9.59 Å². The zero-order chi connectivity index (χ0) is 14.8. The van der Waals surface area contributed by atoms with Gasteiger partial charge in [0.15, 0.2) is 0 Å². The smallest absolute Gasteiger partial charge is 0.299 e. The highest BCUT2D eigenvalue weighted by Crippen LogP contribution is 2.31. The van der Waals surface area contributed by atoms with Crippen LogP contribution in [0.3, 0.4) is 0 Å². The Labute approximate surface area is 130 Å². The van der Waals surface area contributed by atoms with Gasteiger partial charge >= 0.3 is 0 Å². The number of ketones is 1. The Morgan fingerprint density at radius 2 is 1.81 bits per heavy atom. The van der Waals surface area contributed by atoms with Crippen molar-refractivity contribution in [1.29, 1.82) is 0 Å². The van der Waals surface area contributed by atoms with E-state index in [4.69, 9.17) is 4.74 Å². The molecule has 1 aliphatic heterocycles. The quantitative estimate of drug-likeness (QED) is 0.800. The highest BCUT2D eigenvalue weighted by Gasteiger charge is 2.35. The normalized spacial score (nSPS) is 13.5. The van der Waals surface area contributed by atoms with Crippen molar-refractivity contribution in [2.45, 2.75) is 0 Å². The Balaban J connectivity index is 1.72. The molecule has 1 amide bonds. The molecule has 0 aliphatic carbocycles. The molecule has 21 heavy (non-hydrogen) atoms. The van der Waals surface area contributed by atoms with Crippen LogP contribution >= 0.6 is 15.9 Å². The van der Waals surface area contributed by atoms with E-state index >= 15 is 0 Å². The first-order valence-electron chi connectivity index (χ1n) is 6.50. The summed E-state index contributed by atoms with van der Waals surface area (Å²) in [5, 5.41) is 0.